The van der Waals surface area contributed by atoms with E-state index < -0.39 is 15.6 Å². The van der Waals surface area contributed by atoms with Gasteiger partial charge in [0.2, 0.25) is 5.91 Å². The molecule has 1 aromatic heterocycles. The van der Waals surface area contributed by atoms with E-state index in [1.54, 1.807) is 24.6 Å². The maximum Gasteiger partial charge on any atom is 0.264 e. The molecule has 0 unspecified atom stereocenters. The highest BCUT2D eigenvalue weighted by Gasteiger charge is 2.24. The molecule has 0 spiro atoms. The van der Waals surface area contributed by atoms with Gasteiger partial charge in [0.1, 0.15) is 4.90 Å². The molecule has 10 heteroatoms. The van der Waals surface area contributed by atoms with Crippen LogP contribution < -0.4 is 15.4 Å². The lowest BCUT2D eigenvalue weighted by Gasteiger charge is -2.25. The van der Waals surface area contributed by atoms with E-state index in [0.29, 0.717) is 10.5 Å². The molecule has 7 nitrogen and oxygen atoms in total. The number of nitrogens with one attached hydrogen (secondary N) is 4. The summed E-state index contributed by atoms with van der Waals surface area (Å²) in [5.74, 6) is -0.204. The Morgan fingerprint density at radius 3 is 2.57 bits per heavy atom. The molecule has 152 valence electrons. The first-order valence-electron chi connectivity index (χ1n) is 8.45. The molecule has 0 saturated carbocycles. The second-order valence-corrected chi connectivity index (χ2v) is 9.53. The van der Waals surface area contributed by atoms with Crippen LogP contribution in [0.3, 0.4) is 0 Å². The van der Waals surface area contributed by atoms with Crippen LogP contribution in [0.5, 0.6) is 0 Å². The maximum absolute atomic E-state index is 12.6. The number of hydrogen-bond acceptors (Lipinski definition) is 5. The van der Waals surface area contributed by atoms with Crippen molar-refractivity contribution in [1.29, 1.82) is 0 Å². The Morgan fingerprint density at radius 1 is 1.29 bits per heavy atom. The summed E-state index contributed by atoms with van der Waals surface area (Å²) in [5.41, 5.74) is 0.994. The summed E-state index contributed by atoms with van der Waals surface area (Å²) in [7, 11) is -2.32. The fourth-order valence-corrected chi connectivity index (χ4v) is 5.10. The third-order valence-electron chi connectivity index (χ3n) is 4.11. The third-order valence-corrected chi connectivity index (χ3v) is 6.86. The zero-order valence-corrected chi connectivity index (χ0v) is 18.6. The lowest BCUT2D eigenvalue weighted by atomic mass is 9.96. The lowest BCUT2D eigenvalue weighted by Crippen LogP contribution is -2.41. The van der Waals surface area contributed by atoms with Gasteiger partial charge in [0.15, 0.2) is 5.11 Å². The van der Waals surface area contributed by atoms with Crippen molar-refractivity contribution in [3.05, 3.63) is 47.8 Å². The van der Waals surface area contributed by atoms with Crippen molar-refractivity contribution < 1.29 is 13.2 Å². The first-order valence-corrected chi connectivity index (χ1v) is 11.6. The number of rotatable bonds is 7. The number of aromatic nitrogens is 1. The summed E-state index contributed by atoms with van der Waals surface area (Å²) in [6.45, 7) is 3.81. The van der Waals surface area contributed by atoms with Gasteiger partial charge in [0.25, 0.3) is 10.0 Å². The van der Waals surface area contributed by atoms with Gasteiger partial charge in [0, 0.05) is 24.3 Å². The second kappa shape index (κ2) is 8.97. The SMILES string of the molecule is CNC(=S)NS(=O)(=O)c1cc(CC(=O)NC(C)(C)c2cc[nH]c2)ccc1SC. The van der Waals surface area contributed by atoms with Crippen LogP contribution in [-0.2, 0) is 26.8 Å². The number of benzene rings is 1. The van der Waals surface area contributed by atoms with Crippen molar-refractivity contribution in [3.8, 4) is 0 Å². The van der Waals surface area contributed by atoms with Crippen molar-refractivity contribution in [2.75, 3.05) is 13.3 Å². The van der Waals surface area contributed by atoms with Crippen molar-refractivity contribution in [2.45, 2.75) is 35.6 Å². The van der Waals surface area contributed by atoms with E-state index in [1.807, 2.05) is 26.1 Å². The number of aromatic amines is 1. The summed E-state index contributed by atoms with van der Waals surface area (Å²) in [5, 5.41) is 5.56. The molecule has 0 bridgehead atoms. The molecule has 0 aliphatic rings. The number of sulfonamides is 1. The predicted octanol–water partition coefficient (Wildman–Crippen LogP) is 2.11. The number of carbonyl (C=O) groups excluding carboxylic acids is 1. The largest absolute Gasteiger partial charge is 0.367 e. The van der Waals surface area contributed by atoms with Crippen molar-refractivity contribution in [2.24, 2.45) is 0 Å². The summed E-state index contributed by atoms with van der Waals surface area (Å²) < 4.78 is 27.6. The van der Waals surface area contributed by atoms with E-state index in [1.165, 1.54) is 24.9 Å². The van der Waals surface area contributed by atoms with Crippen LogP contribution >= 0.6 is 24.0 Å². The lowest BCUT2D eigenvalue weighted by molar-refractivity contribution is -0.122. The molecule has 0 radical (unpaired) electrons. The third kappa shape index (κ3) is 5.49. The Kier molecular flexibility index (Phi) is 7.13. The van der Waals surface area contributed by atoms with Crippen LogP contribution in [-0.4, -0.2) is 37.7 Å². The molecule has 0 fully saturated rings. The molecule has 2 rings (SSSR count). The summed E-state index contributed by atoms with van der Waals surface area (Å²) >= 11 is 6.22. The zero-order valence-electron chi connectivity index (χ0n) is 16.1. The van der Waals surface area contributed by atoms with Gasteiger partial charge in [-0.15, -0.1) is 11.8 Å². The molecule has 0 aliphatic carbocycles. The number of amides is 1. The van der Waals surface area contributed by atoms with Crippen LogP contribution in [0.25, 0.3) is 0 Å². The van der Waals surface area contributed by atoms with Crippen molar-refractivity contribution in [1.82, 2.24) is 20.3 Å². The second-order valence-electron chi connectivity index (χ2n) is 6.62. The van der Waals surface area contributed by atoms with Gasteiger partial charge in [0.05, 0.1) is 12.0 Å². The van der Waals surface area contributed by atoms with Crippen LogP contribution in [0.15, 0.2) is 46.5 Å². The quantitative estimate of drug-likeness (QED) is 0.388. The number of carbonyl (C=O) groups is 1. The van der Waals surface area contributed by atoms with Gasteiger partial charge in [-0.3, -0.25) is 9.52 Å². The molecule has 0 saturated heterocycles. The van der Waals surface area contributed by atoms with E-state index in [9.17, 15) is 13.2 Å². The monoisotopic (exact) mass is 440 g/mol. The van der Waals surface area contributed by atoms with E-state index >= 15 is 0 Å². The summed E-state index contributed by atoms with van der Waals surface area (Å²) in [6, 6.07) is 6.86. The molecule has 28 heavy (non-hydrogen) atoms. The van der Waals surface area contributed by atoms with Gasteiger partial charge in [-0.05, 0) is 61.6 Å². The molecule has 2 aromatic rings. The topological polar surface area (TPSA) is 103 Å². The first kappa shape index (κ1) is 22.3. The minimum Gasteiger partial charge on any atom is -0.367 e. The molecule has 1 aromatic carbocycles. The molecular formula is C18H24N4O3S3. The molecule has 0 aliphatic heterocycles. The summed E-state index contributed by atoms with van der Waals surface area (Å²) in [4.78, 5) is 16.2. The van der Waals surface area contributed by atoms with E-state index in [-0.39, 0.29) is 22.3 Å². The van der Waals surface area contributed by atoms with Crippen LogP contribution in [0, 0.1) is 0 Å². The van der Waals surface area contributed by atoms with Crippen molar-refractivity contribution >= 4 is 45.0 Å². The van der Waals surface area contributed by atoms with Crippen LogP contribution in [0.2, 0.25) is 0 Å². The highest BCUT2D eigenvalue weighted by atomic mass is 32.2. The number of thiocarbonyl (C=S) groups is 1. The van der Waals surface area contributed by atoms with Gasteiger partial charge >= 0.3 is 0 Å². The number of thioether (sulfide) groups is 1. The zero-order chi connectivity index (χ0) is 20.9. The fraction of sp³-hybridized carbons (Fsp3) is 0.333. The average Bonchev–Trinajstić information content (AvgIpc) is 3.16. The van der Waals surface area contributed by atoms with Crippen LogP contribution in [0.4, 0.5) is 0 Å². The number of hydrogen-bond donors (Lipinski definition) is 4. The molecule has 0 atom stereocenters. The highest BCUT2D eigenvalue weighted by molar-refractivity contribution is 7.99. The number of H-pyrrole nitrogens is 1. The van der Waals surface area contributed by atoms with Gasteiger partial charge < -0.3 is 15.6 Å². The summed E-state index contributed by atoms with van der Waals surface area (Å²) in [6.07, 6.45) is 5.47. The Balaban J connectivity index is 2.23. The maximum atomic E-state index is 12.6. The minimum atomic E-state index is -3.85. The molecule has 1 amide bonds. The average molecular weight is 441 g/mol. The fourth-order valence-electron chi connectivity index (χ4n) is 2.63. The standard InChI is InChI=1S/C18H24N4O3S3/c1-18(2,13-7-8-20-11-13)21-16(23)10-12-5-6-14(27-4)15(9-12)28(24,25)22-17(26)19-3/h5-9,11,20H,10H2,1-4H3,(H,21,23)(H2,19,22,26). The van der Waals surface area contributed by atoms with Gasteiger partial charge in [-0.2, -0.15) is 0 Å². The highest BCUT2D eigenvalue weighted by Crippen LogP contribution is 2.26. The van der Waals surface area contributed by atoms with Gasteiger partial charge in [-0.25, -0.2) is 8.42 Å². The van der Waals surface area contributed by atoms with Gasteiger partial charge in [-0.1, -0.05) is 6.07 Å². The first-order chi connectivity index (χ1) is 13.1. The molecule has 1 heterocycles. The Hall–Kier alpha value is -2.04. The molecular weight excluding hydrogens is 416 g/mol. The Morgan fingerprint density at radius 2 is 2.00 bits per heavy atom. The van der Waals surface area contributed by atoms with E-state index in [0.717, 1.165) is 5.56 Å². The predicted molar refractivity (Wildman–Crippen MR) is 116 cm³/mol. The smallest absolute Gasteiger partial charge is 0.264 e. The molecule has 4 N–H and O–H groups in total. The normalized spacial score (nSPS) is 11.7. The Labute approximate surface area is 175 Å². The van der Waals surface area contributed by atoms with E-state index in [4.69, 9.17) is 12.2 Å². The minimum absolute atomic E-state index is 0.00320. The van der Waals surface area contributed by atoms with E-state index in [2.05, 4.69) is 20.3 Å². The Bertz CT molecular complexity index is 954. The van der Waals surface area contributed by atoms with Crippen LogP contribution in [0.1, 0.15) is 25.0 Å². The van der Waals surface area contributed by atoms with Crippen molar-refractivity contribution in [3.63, 3.8) is 0 Å².